The van der Waals surface area contributed by atoms with Crippen LogP contribution < -0.4 is 4.74 Å². The number of aliphatic carboxylic acids is 1. The van der Waals surface area contributed by atoms with E-state index in [1.165, 1.54) is 0 Å². The Labute approximate surface area is 159 Å². The Kier molecular flexibility index (Phi) is 5.49. The molecule has 0 spiro atoms. The van der Waals surface area contributed by atoms with Gasteiger partial charge >= 0.3 is 5.97 Å². The minimum Gasteiger partial charge on any atom is -0.497 e. The number of benzene rings is 2. The third-order valence-electron chi connectivity index (χ3n) is 5.11. The molecule has 1 amide bonds. The molecule has 142 valence electrons. The van der Waals surface area contributed by atoms with E-state index in [1.807, 2.05) is 12.1 Å². The van der Waals surface area contributed by atoms with Crippen LogP contribution in [0.2, 0.25) is 0 Å². The van der Waals surface area contributed by atoms with Crippen LogP contribution in [0.1, 0.15) is 53.7 Å². The van der Waals surface area contributed by atoms with Crippen molar-refractivity contribution in [1.82, 2.24) is 4.90 Å². The highest BCUT2D eigenvalue weighted by Gasteiger charge is 2.44. The molecule has 1 aliphatic heterocycles. The number of fused-ring (bicyclic) bond motifs is 1. The van der Waals surface area contributed by atoms with E-state index in [4.69, 9.17) is 4.74 Å². The van der Waals surface area contributed by atoms with Gasteiger partial charge in [0, 0.05) is 12.1 Å². The first-order valence-corrected chi connectivity index (χ1v) is 9.20. The third kappa shape index (κ3) is 3.68. The van der Waals surface area contributed by atoms with Gasteiger partial charge in [-0.3, -0.25) is 9.59 Å². The van der Waals surface area contributed by atoms with Crippen LogP contribution in [0.5, 0.6) is 5.75 Å². The number of rotatable bonds is 6. The second-order valence-electron chi connectivity index (χ2n) is 7.30. The zero-order valence-corrected chi connectivity index (χ0v) is 15.9. The molecule has 0 fully saturated rings. The number of methoxy groups -OCH3 is 1. The molecule has 3 rings (SSSR count). The van der Waals surface area contributed by atoms with Crippen LogP contribution in [-0.2, 0) is 4.79 Å². The average Bonchev–Trinajstić information content (AvgIpc) is 2.66. The topological polar surface area (TPSA) is 66.8 Å². The highest BCUT2D eigenvalue weighted by molar-refractivity contribution is 6.00. The van der Waals surface area contributed by atoms with Crippen LogP contribution in [0.25, 0.3) is 0 Å². The van der Waals surface area contributed by atoms with Crippen molar-refractivity contribution in [3.63, 3.8) is 0 Å². The summed E-state index contributed by atoms with van der Waals surface area (Å²) < 4.78 is 5.22. The molecule has 2 aromatic carbocycles. The number of carboxylic acid groups (broad SMARTS) is 1. The van der Waals surface area contributed by atoms with Crippen LogP contribution in [0, 0.1) is 5.92 Å². The SMILES string of the molecule is COc1ccc([C@H]2[C@@H](C(=O)O)c3ccccc3C(=O)N2CCC(C)C)cc1. The number of hydrogen-bond donors (Lipinski definition) is 1. The van der Waals surface area contributed by atoms with Crippen molar-refractivity contribution < 1.29 is 19.4 Å². The summed E-state index contributed by atoms with van der Waals surface area (Å²) in [5, 5.41) is 10.0. The number of carbonyl (C=O) groups excluding carboxylic acids is 1. The summed E-state index contributed by atoms with van der Waals surface area (Å²) in [5.74, 6) is -0.731. The molecule has 2 atom stereocenters. The summed E-state index contributed by atoms with van der Waals surface area (Å²) in [6.07, 6.45) is 0.812. The van der Waals surface area contributed by atoms with E-state index in [2.05, 4.69) is 13.8 Å². The van der Waals surface area contributed by atoms with E-state index in [1.54, 1.807) is 48.4 Å². The summed E-state index contributed by atoms with van der Waals surface area (Å²) in [6.45, 7) is 4.71. The number of nitrogens with zero attached hydrogens (tertiary/aromatic N) is 1. The first-order valence-electron chi connectivity index (χ1n) is 9.20. The van der Waals surface area contributed by atoms with Crippen LogP contribution in [0.4, 0.5) is 0 Å². The van der Waals surface area contributed by atoms with E-state index in [0.717, 1.165) is 12.0 Å². The Morgan fingerprint density at radius 2 is 1.81 bits per heavy atom. The van der Waals surface area contributed by atoms with E-state index >= 15 is 0 Å². The molecule has 27 heavy (non-hydrogen) atoms. The molecule has 5 nitrogen and oxygen atoms in total. The maximum absolute atomic E-state index is 13.2. The number of hydrogen-bond acceptors (Lipinski definition) is 3. The zero-order chi connectivity index (χ0) is 19.6. The van der Waals surface area contributed by atoms with E-state index in [0.29, 0.717) is 29.3 Å². The summed E-state index contributed by atoms with van der Waals surface area (Å²) in [6, 6.07) is 13.8. The molecule has 0 aromatic heterocycles. The van der Waals surface area contributed by atoms with Crippen molar-refractivity contribution >= 4 is 11.9 Å². The molecule has 0 aliphatic carbocycles. The van der Waals surface area contributed by atoms with Gasteiger partial charge in [0.1, 0.15) is 11.7 Å². The maximum Gasteiger partial charge on any atom is 0.313 e. The molecule has 0 saturated heterocycles. The number of carbonyl (C=O) groups is 2. The van der Waals surface area contributed by atoms with Gasteiger partial charge in [0.05, 0.1) is 13.2 Å². The van der Waals surface area contributed by atoms with Gasteiger partial charge in [-0.1, -0.05) is 44.2 Å². The lowest BCUT2D eigenvalue weighted by atomic mass is 9.79. The molecule has 1 aliphatic rings. The minimum absolute atomic E-state index is 0.107. The minimum atomic E-state index is -0.926. The predicted molar refractivity (Wildman–Crippen MR) is 103 cm³/mol. The van der Waals surface area contributed by atoms with Crippen molar-refractivity contribution in [3.8, 4) is 5.75 Å². The Balaban J connectivity index is 2.13. The van der Waals surface area contributed by atoms with Crippen molar-refractivity contribution in [3.05, 3.63) is 65.2 Å². The average molecular weight is 367 g/mol. The molecular weight excluding hydrogens is 342 g/mol. The van der Waals surface area contributed by atoms with Gasteiger partial charge in [-0.2, -0.15) is 0 Å². The van der Waals surface area contributed by atoms with Crippen LogP contribution >= 0.6 is 0 Å². The Morgan fingerprint density at radius 3 is 2.41 bits per heavy atom. The largest absolute Gasteiger partial charge is 0.497 e. The smallest absolute Gasteiger partial charge is 0.313 e. The molecule has 0 unspecified atom stereocenters. The van der Waals surface area contributed by atoms with Crippen LogP contribution in [0.3, 0.4) is 0 Å². The standard InChI is InChI=1S/C22H25NO4/c1-14(2)12-13-23-20(15-8-10-16(27-3)11-9-15)19(22(25)26)17-6-4-5-7-18(17)21(23)24/h4-11,14,19-20H,12-13H2,1-3H3,(H,25,26)/t19-,20-/m0/s1. The maximum atomic E-state index is 13.2. The molecule has 0 saturated carbocycles. The first kappa shape index (κ1) is 19.0. The van der Waals surface area contributed by atoms with Gasteiger partial charge in [0.2, 0.25) is 0 Å². The van der Waals surface area contributed by atoms with Gasteiger partial charge in [0.25, 0.3) is 5.91 Å². The second kappa shape index (κ2) is 7.82. The van der Waals surface area contributed by atoms with Gasteiger partial charge in [-0.25, -0.2) is 0 Å². The monoisotopic (exact) mass is 367 g/mol. The van der Waals surface area contributed by atoms with Gasteiger partial charge in [-0.05, 0) is 41.7 Å². The normalized spacial score (nSPS) is 19.1. The lowest BCUT2D eigenvalue weighted by Gasteiger charge is -2.41. The van der Waals surface area contributed by atoms with E-state index in [-0.39, 0.29) is 5.91 Å². The lowest BCUT2D eigenvalue weighted by Crippen LogP contribution is -2.45. The van der Waals surface area contributed by atoms with Crippen LogP contribution in [-0.4, -0.2) is 35.5 Å². The van der Waals surface area contributed by atoms with Crippen molar-refractivity contribution in [1.29, 1.82) is 0 Å². The molecule has 0 bridgehead atoms. The lowest BCUT2D eigenvalue weighted by molar-refractivity contribution is -0.140. The van der Waals surface area contributed by atoms with Gasteiger partial charge in [-0.15, -0.1) is 0 Å². The predicted octanol–water partition coefficient (Wildman–Crippen LogP) is 4.11. The summed E-state index contributed by atoms with van der Waals surface area (Å²) in [5.41, 5.74) is 1.87. The highest BCUT2D eigenvalue weighted by Crippen LogP contribution is 2.43. The molecule has 1 heterocycles. The van der Waals surface area contributed by atoms with E-state index in [9.17, 15) is 14.7 Å². The zero-order valence-electron chi connectivity index (χ0n) is 15.9. The van der Waals surface area contributed by atoms with E-state index < -0.39 is 17.9 Å². The number of ether oxygens (including phenoxy) is 1. The Hall–Kier alpha value is -2.82. The van der Waals surface area contributed by atoms with Crippen molar-refractivity contribution in [2.75, 3.05) is 13.7 Å². The summed E-state index contributed by atoms with van der Waals surface area (Å²) in [4.78, 5) is 27.2. The van der Waals surface area contributed by atoms with Gasteiger partial charge < -0.3 is 14.7 Å². The number of carboxylic acids is 1. The van der Waals surface area contributed by atoms with Crippen molar-refractivity contribution in [2.45, 2.75) is 32.2 Å². The van der Waals surface area contributed by atoms with Crippen LogP contribution in [0.15, 0.2) is 48.5 Å². The Bertz CT molecular complexity index is 828. The molecule has 5 heteroatoms. The molecule has 2 aromatic rings. The highest BCUT2D eigenvalue weighted by atomic mass is 16.5. The fraction of sp³-hybridized carbons (Fsp3) is 0.364. The third-order valence-corrected chi connectivity index (χ3v) is 5.11. The van der Waals surface area contributed by atoms with Gasteiger partial charge in [0.15, 0.2) is 0 Å². The quantitative estimate of drug-likeness (QED) is 0.834. The molecule has 1 N–H and O–H groups in total. The fourth-order valence-corrected chi connectivity index (χ4v) is 3.67. The second-order valence-corrected chi connectivity index (χ2v) is 7.30. The first-order chi connectivity index (χ1) is 12.9. The van der Waals surface area contributed by atoms with Crippen molar-refractivity contribution in [2.24, 2.45) is 5.92 Å². The molecule has 0 radical (unpaired) electrons. The Morgan fingerprint density at radius 1 is 1.15 bits per heavy atom. The summed E-state index contributed by atoms with van der Waals surface area (Å²) in [7, 11) is 1.59. The summed E-state index contributed by atoms with van der Waals surface area (Å²) >= 11 is 0. The fourth-order valence-electron chi connectivity index (χ4n) is 3.67. The number of amides is 1. The molecular formula is C22H25NO4.